The third-order valence-corrected chi connectivity index (χ3v) is 4.17. The highest BCUT2D eigenvalue weighted by molar-refractivity contribution is 5.31. The van der Waals surface area contributed by atoms with Crippen molar-refractivity contribution in [3.63, 3.8) is 0 Å². The second-order valence-electron chi connectivity index (χ2n) is 5.47. The summed E-state index contributed by atoms with van der Waals surface area (Å²) in [5.41, 5.74) is 0. The summed E-state index contributed by atoms with van der Waals surface area (Å²) in [5, 5.41) is 0. The van der Waals surface area contributed by atoms with E-state index in [1.807, 2.05) is 24.3 Å². The molecule has 2 saturated heterocycles. The molecule has 2 heterocycles. The van der Waals surface area contributed by atoms with Gasteiger partial charge < -0.3 is 18.9 Å². The van der Waals surface area contributed by atoms with Crippen LogP contribution in [0.1, 0.15) is 12.8 Å². The van der Waals surface area contributed by atoms with Crippen LogP contribution in [0.3, 0.4) is 0 Å². The molecule has 5 nitrogen and oxygen atoms in total. The van der Waals surface area contributed by atoms with Crippen molar-refractivity contribution in [3.05, 3.63) is 24.3 Å². The first-order valence-corrected chi connectivity index (χ1v) is 7.57. The first-order valence-electron chi connectivity index (χ1n) is 7.57. The molecule has 116 valence electrons. The lowest BCUT2D eigenvalue weighted by atomic mass is 10.0. The van der Waals surface area contributed by atoms with Crippen molar-refractivity contribution >= 4 is 0 Å². The van der Waals surface area contributed by atoms with E-state index in [4.69, 9.17) is 18.9 Å². The van der Waals surface area contributed by atoms with Crippen molar-refractivity contribution in [2.75, 3.05) is 46.6 Å². The van der Waals surface area contributed by atoms with Gasteiger partial charge in [0.2, 0.25) is 0 Å². The van der Waals surface area contributed by atoms with Crippen LogP contribution in [0, 0.1) is 0 Å². The molecular weight excluding hydrogens is 270 g/mol. The summed E-state index contributed by atoms with van der Waals surface area (Å²) >= 11 is 0. The van der Waals surface area contributed by atoms with Crippen LogP contribution in [0.25, 0.3) is 0 Å². The fourth-order valence-corrected chi connectivity index (χ4v) is 2.87. The smallest absolute Gasteiger partial charge is 0.170 e. The molecule has 21 heavy (non-hydrogen) atoms. The molecule has 1 aromatic rings. The first kappa shape index (κ1) is 14.6. The monoisotopic (exact) mass is 293 g/mol. The van der Waals surface area contributed by atoms with Gasteiger partial charge in [-0.15, -0.1) is 0 Å². The SMILES string of the molecule is COc1ccc(OCCN2CCC3(CC2)OCCO3)cc1. The highest BCUT2D eigenvalue weighted by Gasteiger charge is 2.39. The number of piperidine rings is 1. The second kappa shape index (κ2) is 6.64. The van der Waals surface area contributed by atoms with Crippen molar-refractivity contribution in [1.29, 1.82) is 0 Å². The second-order valence-corrected chi connectivity index (χ2v) is 5.47. The largest absolute Gasteiger partial charge is 0.497 e. The average Bonchev–Trinajstić information content (AvgIpc) is 2.98. The Balaban J connectivity index is 1.38. The topological polar surface area (TPSA) is 40.2 Å². The number of ether oxygens (including phenoxy) is 4. The molecule has 2 aliphatic heterocycles. The van der Waals surface area contributed by atoms with Gasteiger partial charge in [-0.1, -0.05) is 0 Å². The third kappa shape index (κ3) is 3.67. The Kier molecular flexibility index (Phi) is 4.63. The van der Waals surface area contributed by atoms with Crippen molar-refractivity contribution in [2.45, 2.75) is 18.6 Å². The minimum absolute atomic E-state index is 0.284. The van der Waals surface area contributed by atoms with Crippen molar-refractivity contribution in [3.8, 4) is 11.5 Å². The minimum Gasteiger partial charge on any atom is -0.497 e. The van der Waals surface area contributed by atoms with E-state index in [9.17, 15) is 0 Å². The Hall–Kier alpha value is -1.30. The molecule has 0 unspecified atom stereocenters. The lowest BCUT2D eigenvalue weighted by Gasteiger charge is -2.37. The number of hydrogen-bond donors (Lipinski definition) is 0. The zero-order valence-corrected chi connectivity index (χ0v) is 12.5. The van der Waals surface area contributed by atoms with E-state index < -0.39 is 0 Å². The summed E-state index contributed by atoms with van der Waals surface area (Å²) < 4.78 is 22.4. The number of nitrogens with zero attached hydrogens (tertiary/aromatic N) is 1. The van der Waals surface area contributed by atoms with Crippen molar-refractivity contribution in [2.24, 2.45) is 0 Å². The van der Waals surface area contributed by atoms with E-state index in [1.165, 1.54) is 0 Å². The zero-order valence-electron chi connectivity index (χ0n) is 12.5. The van der Waals surface area contributed by atoms with Crippen LogP contribution in [-0.4, -0.2) is 57.3 Å². The van der Waals surface area contributed by atoms with Crippen LogP contribution in [0.5, 0.6) is 11.5 Å². The molecule has 5 heteroatoms. The summed E-state index contributed by atoms with van der Waals surface area (Å²) in [5.74, 6) is 1.44. The molecule has 0 N–H and O–H groups in total. The van der Waals surface area contributed by atoms with E-state index in [2.05, 4.69) is 4.90 Å². The molecular formula is C16H23NO4. The van der Waals surface area contributed by atoms with Gasteiger partial charge in [-0.05, 0) is 24.3 Å². The summed E-state index contributed by atoms with van der Waals surface area (Å²) in [6.07, 6.45) is 1.91. The summed E-state index contributed by atoms with van der Waals surface area (Å²) in [6.45, 7) is 5.11. The molecule has 0 aliphatic carbocycles. The maximum absolute atomic E-state index is 5.77. The van der Waals surface area contributed by atoms with Gasteiger partial charge in [0.1, 0.15) is 18.1 Å². The van der Waals surface area contributed by atoms with Crippen LogP contribution in [0.15, 0.2) is 24.3 Å². The standard InChI is InChI=1S/C16H23NO4/c1-18-14-2-4-15(5-3-14)19-11-10-17-8-6-16(7-9-17)20-12-13-21-16/h2-5H,6-13H2,1H3. The predicted molar refractivity (Wildman–Crippen MR) is 78.8 cm³/mol. The minimum atomic E-state index is -0.284. The number of hydrogen-bond acceptors (Lipinski definition) is 5. The molecule has 2 fully saturated rings. The predicted octanol–water partition coefficient (Wildman–Crippen LogP) is 1.91. The molecule has 0 amide bonds. The molecule has 3 rings (SSSR count). The maximum Gasteiger partial charge on any atom is 0.170 e. The molecule has 0 saturated carbocycles. The molecule has 0 aromatic heterocycles. The molecule has 0 radical (unpaired) electrons. The molecule has 0 bridgehead atoms. The van der Waals surface area contributed by atoms with Crippen LogP contribution in [-0.2, 0) is 9.47 Å². The van der Waals surface area contributed by atoms with Gasteiger partial charge in [0.05, 0.1) is 20.3 Å². The molecule has 1 aromatic carbocycles. The summed E-state index contributed by atoms with van der Waals surface area (Å²) in [7, 11) is 1.66. The zero-order chi connectivity index (χ0) is 14.5. The van der Waals surface area contributed by atoms with Gasteiger partial charge in [-0.25, -0.2) is 0 Å². The fraction of sp³-hybridized carbons (Fsp3) is 0.625. The van der Waals surface area contributed by atoms with Crippen LogP contribution in [0.2, 0.25) is 0 Å². The third-order valence-electron chi connectivity index (χ3n) is 4.17. The molecule has 2 aliphatic rings. The van der Waals surface area contributed by atoms with Gasteiger partial charge in [-0.2, -0.15) is 0 Å². The maximum atomic E-state index is 5.77. The van der Waals surface area contributed by atoms with E-state index in [0.29, 0.717) is 6.61 Å². The number of methoxy groups -OCH3 is 1. The number of benzene rings is 1. The summed E-state index contributed by atoms with van der Waals surface area (Å²) in [4.78, 5) is 2.40. The Bertz CT molecular complexity index is 432. The quantitative estimate of drug-likeness (QED) is 0.829. The Morgan fingerprint density at radius 3 is 2.29 bits per heavy atom. The highest BCUT2D eigenvalue weighted by atomic mass is 16.7. The average molecular weight is 293 g/mol. The summed E-state index contributed by atoms with van der Waals surface area (Å²) in [6, 6.07) is 7.69. The van der Waals surface area contributed by atoms with Gasteiger partial charge in [0.25, 0.3) is 0 Å². The lowest BCUT2D eigenvalue weighted by molar-refractivity contribution is -0.185. The first-order chi connectivity index (χ1) is 10.3. The lowest BCUT2D eigenvalue weighted by Crippen LogP contribution is -2.46. The number of likely N-dealkylation sites (tertiary alicyclic amines) is 1. The van der Waals surface area contributed by atoms with Gasteiger partial charge in [0, 0.05) is 32.5 Å². The molecule has 1 spiro atoms. The fourth-order valence-electron chi connectivity index (χ4n) is 2.87. The number of rotatable bonds is 5. The van der Waals surface area contributed by atoms with Crippen LogP contribution < -0.4 is 9.47 Å². The van der Waals surface area contributed by atoms with Gasteiger partial charge in [-0.3, -0.25) is 4.90 Å². The van der Waals surface area contributed by atoms with Crippen molar-refractivity contribution < 1.29 is 18.9 Å². The van der Waals surface area contributed by atoms with E-state index in [0.717, 1.165) is 57.2 Å². The highest BCUT2D eigenvalue weighted by Crippen LogP contribution is 2.31. The van der Waals surface area contributed by atoms with Crippen LogP contribution in [0.4, 0.5) is 0 Å². The Morgan fingerprint density at radius 2 is 1.67 bits per heavy atom. The van der Waals surface area contributed by atoms with E-state index in [1.54, 1.807) is 7.11 Å². The van der Waals surface area contributed by atoms with E-state index >= 15 is 0 Å². The normalized spacial score (nSPS) is 21.6. The van der Waals surface area contributed by atoms with Gasteiger partial charge >= 0.3 is 0 Å². The Labute approximate surface area is 125 Å². The Morgan fingerprint density at radius 1 is 1.05 bits per heavy atom. The van der Waals surface area contributed by atoms with Gasteiger partial charge in [0.15, 0.2) is 5.79 Å². The molecule has 0 atom stereocenters. The van der Waals surface area contributed by atoms with E-state index in [-0.39, 0.29) is 5.79 Å². The van der Waals surface area contributed by atoms with Crippen molar-refractivity contribution in [1.82, 2.24) is 4.90 Å². The van der Waals surface area contributed by atoms with Crippen LogP contribution >= 0.6 is 0 Å².